The molecular weight excluding hydrogens is 204 g/mol. The van der Waals surface area contributed by atoms with Crippen molar-refractivity contribution in [1.82, 2.24) is 10.6 Å². The summed E-state index contributed by atoms with van der Waals surface area (Å²) < 4.78 is 5.26. The van der Waals surface area contributed by atoms with Gasteiger partial charge in [0.25, 0.3) is 5.91 Å². The third-order valence-corrected chi connectivity index (χ3v) is 3.10. The van der Waals surface area contributed by atoms with Crippen LogP contribution in [0.25, 0.3) is 0 Å². The molecule has 4 nitrogen and oxygen atoms in total. The normalized spacial score (nSPS) is 17.1. The van der Waals surface area contributed by atoms with Crippen molar-refractivity contribution in [2.45, 2.75) is 19.8 Å². The van der Waals surface area contributed by atoms with E-state index in [9.17, 15) is 4.79 Å². The van der Waals surface area contributed by atoms with E-state index in [1.165, 1.54) is 12.8 Å². The zero-order valence-corrected chi connectivity index (χ0v) is 9.80. The Morgan fingerprint density at radius 1 is 1.44 bits per heavy atom. The van der Waals surface area contributed by atoms with Gasteiger partial charge in [-0.2, -0.15) is 0 Å². The Morgan fingerprint density at radius 2 is 2.19 bits per heavy atom. The molecule has 0 bridgehead atoms. The fourth-order valence-corrected chi connectivity index (χ4v) is 1.88. The minimum atomic E-state index is -0.115. The summed E-state index contributed by atoms with van der Waals surface area (Å²) in [6.07, 6.45) is 2.37. The van der Waals surface area contributed by atoms with Crippen LogP contribution in [0.4, 0.5) is 0 Å². The highest BCUT2D eigenvalue weighted by Crippen LogP contribution is 2.44. The van der Waals surface area contributed by atoms with Crippen LogP contribution < -0.4 is 10.6 Å². The fraction of sp³-hybridized carbons (Fsp3) is 0.583. The van der Waals surface area contributed by atoms with Gasteiger partial charge in [-0.05, 0) is 38.9 Å². The standard InChI is InChI=1S/C12H18N2O2/c1-9-3-4-10(16-9)11(15)14-8-12(5-6-12)7-13-2/h3-4,13H,5-8H2,1-2H3,(H,14,15). The van der Waals surface area contributed by atoms with E-state index in [4.69, 9.17) is 4.42 Å². The molecule has 0 unspecified atom stereocenters. The minimum Gasteiger partial charge on any atom is -0.456 e. The van der Waals surface area contributed by atoms with Gasteiger partial charge >= 0.3 is 0 Å². The zero-order chi connectivity index (χ0) is 11.6. The number of hydrogen-bond donors (Lipinski definition) is 2. The van der Waals surface area contributed by atoms with Crippen LogP contribution in [-0.2, 0) is 0 Å². The highest BCUT2D eigenvalue weighted by Gasteiger charge is 2.42. The van der Waals surface area contributed by atoms with Gasteiger partial charge in [-0.3, -0.25) is 4.79 Å². The molecule has 4 heteroatoms. The number of amides is 1. The molecule has 88 valence electrons. The van der Waals surface area contributed by atoms with Crippen molar-refractivity contribution in [1.29, 1.82) is 0 Å². The van der Waals surface area contributed by atoms with E-state index in [-0.39, 0.29) is 11.3 Å². The van der Waals surface area contributed by atoms with Gasteiger partial charge in [0.2, 0.25) is 0 Å². The molecule has 1 heterocycles. The Balaban J connectivity index is 1.84. The summed E-state index contributed by atoms with van der Waals surface area (Å²) in [4.78, 5) is 11.7. The Morgan fingerprint density at radius 3 is 2.69 bits per heavy atom. The van der Waals surface area contributed by atoms with E-state index in [1.807, 2.05) is 14.0 Å². The lowest BCUT2D eigenvalue weighted by molar-refractivity contribution is 0.0915. The van der Waals surface area contributed by atoms with Crippen LogP contribution in [0.5, 0.6) is 0 Å². The van der Waals surface area contributed by atoms with Crippen LogP contribution in [0.15, 0.2) is 16.5 Å². The summed E-state index contributed by atoms with van der Waals surface area (Å²) >= 11 is 0. The largest absolute Gasteiger partial charge is 0.456 e. The monoisotopic (exact) mass is 222 g/mol. The maximum absolute atomic E-state index is 11.7. The highest BCUT2D eigenvalue weighted by molar-refractivity contribution is 5.91. The van der Waals surface area contributed by atoms with Gasteiger partial charge < -0.3 is 15.1 Å². The maximum Gasteiger partial charge on any atom is 0.287 e. The van der Waals surface area contributed by atoms with Crippen molar-refractivity contribution in [3.05, 3.63) is 23.7 Å². The number of aryl methyl sites for hydroxylation is 1. The summed E-state index contributed by atoms with van der Waals surface area (Å²) in [5, 5.41) is 6.09. The van der Waals surface area contributed by atoms with Gasteiger partial charge in [-0.1, -0.05) is 0 Å². The summed E-state index contributed by atoms with van der Waals surface area (Å²) in [6, 6.07) is 3.51. The summed E-state index contributed by atoms with van der Waals surface area (Å²) in [6.45, 7) is 3.52. The quantitative estimate of drug-likeness (QED) is 0.790. The minimum absolute atomic E-state index is 0.115. The molecule has 1 saturated carbocycles. The van der Waals surface area contributed by atoms with Crippen molar-refractivity contribution in [2.75, 3.05) is 20.1 Å². The molecule has 2 N–H and O–H groups in total. The third kappa shape index (κ3) is 2.44. The first-order chi connectivity index (χ1) is 7.65. The average Bonchev–Trinajstić information content (AvgIpc) is 2.89. The van der Waals surface area contributed by atoms with E-state index >= 15 is 0 Å². The lowest BCUT2D eigenvalue weighted by Crippen LogP contribution is -2.34. The number of furan rings is 1. The molecule has 0 spiro atoms. The number of hydrogen-bond acceptors (Lipinski definition) is 3. The lowest BCUT2D eigenvalue weighted by Gasteiger charge is -2.14. The molecule has 0 radical (unpaired) electrons. The summed E-state index contributed by atoms with van der Waals surface area (Å²) in [7, 11) is 1.94. The van der Waals surface area contributed by atoms with Gasteiger partial charge in [0, 0.05) is 18.5 Å². The average molecular weight is 222 g/mol. The highest BCUT2D eigenvalue weighted by atomic mass is 16.3. The topological polar surface area (TPSA) is 54.3 Å². The third-order valence-electron chi connectivity index (χ3n) is 3.10. The van der Waals surface area contributed by atoms with Crippen LogP contribution in [0.2, 0.25) is 0 Å². The molecule has 1 aliphatic carbocycles. The summed E-state index contributed by atoms with van der Waals surface area (Å²) in [5.41, 5.74) is 0.284. The van der Waals surface area contributed by atoms with Crippen molar-refractivity contribution in [2.24, 2.45) is 5.41 Å². The molecule has 1 fully saturated rings. The maximum atomic E-state index is 11.7. The zero-order valence-electron chi connectivity index (χ0n) is 9.80. The van der Waals surface area contributed by atoms with Crippen LogP contribution in [0, 0.1) is 12.3 Å². The van der Waals surface area contributed by atoms with Gasteiger partial charge in [0.1, 0.15) is 5.76 Å². The molecule has 2 rings (SSSR count). The van der Waals surface area contributed by atoms with E-state index < -0.39 is 0 Å². The fourth-order valence-electron chi connectivity index (χ4n) is 1.88. The number of nitrogens with one attached hydrogen (secondary N) is 2. The molecule has 1 aliphatic rings. The Kier molecular flexibility index (Phi) is 3.01. The molecule has 16 heavy (non-hydrogen) atoms. The second-order valence-corrected chi connectivity index (χ2v) is 4.62. The molecule has 1 amide bonds. The second-order valence-electron chi connectivity index (χ2n) is 4.62. The van der Waals surface area contributed by atoms with Gasteiger partial charge in [0.15, 0.2) is 5.76 Å². The first-order valence-corrected chi connectivity index (χ1v) is 5.64. The Bertz CT molecular complexity index is 380. The molecule has 0 aliphatic heterocycles. The van der Waals surface area contributed by atoms with E-state index in [2.05, 4.69) is 10.6 Å². The molecular formula is C12H18N2O2. The van der Waals surface area contributed by atoms with Crippen molar-refractivity contribution in [3.8, 4) is 0 Å². The predicted octanol–water partition coefficient (Wildman–Crippen LogP) is 1.32. The van der Waals surface area contributed by atoms with E-state index in [0.29, 0.717) is 5.76 Å². The summed E-state index contributed by atoms with van der Waals surface area (Å²) in [5.74, 6) is 1.05. The van der Waals surface area contributed by atoms with E-state index in [0.717, 1.165) is 18.8 Å². The van der Waals surface area contributed by atoms with E-state index in [1.54, 1.807) is 12.1 Å². The lowest BCUT2D eigenvalue weighted by atomic mass is 10.1. The van der Waals surface area contributed by atoms with Gasteiger partial charge in [0.05, 0.1) is 0 Å². The first kappa shape index (κ1) is 11.2. The van der Waals surface area contributed by atoms with Crippen LogP contribution in [-0.4, -0.2) is 26.0 Å². The Labute approximate surface area is 95.4 Å². The van der Waals surface area contributed by atoms with Crippen molar-refractivity contribution >= 4 is 5.91 Å². The molecule has 1 aromatic heterocycles. The Hall–Kier alpha value is -1.29. The van der Waals surface area contributed by atoms with Crippen LogP contribution in [0.1, 0.15) is 29.2 Å². The predicted molar refractivity (Wildman–Crippen MR) is 61.4 cm³/mol. The molecule has 0 saturated heterocycles. The SMILES string of the molecule is CNCC1(CNC(=O)c2ccc(C)o2)CC1. The number of carbonyl (C=O) groups is 1. The number of rotatable bonds is 5. The second kappa shape index (κ2) is 4.29. The van der Waals surface area contributed by atoms with Gasteiger partial charge in [-0.25, -0.2) is 0 Å². The van der Waals surface area contributed by atoms with Crippen LogP contribution >= 0.6 is 0 Å². The molecule has 1 aromatic rings. The van der Waals surface area contributed by atoms with Crippen LogP contribution in [0.3, 0.4) is 0 Å². The molecule has 0 aromatic carbocycles. The molecule has 0 atom stereocenters. The first-order valence-electron chi connectivity index (χ1n) is 5.64. The smallest absolute Gasteiger partial charge is 0.287 e. The van der Waals surface area contributed by atoms with Crippen molar-refractivity contribution in [3.63, 3.8) is 0 Å². The number of carbonyl (C=O) groups excluding carboxylic acids is 1. The van der Waals surface area contributed by atoms with Crippen molar-refractivity contribution < 1.29 is 9.21 Å². The van der Waals surface area contributed by atoms with Gasteiger partial charge in [-0.15, -0.1) is 0 Å².